The van der Waals surface area contributed by atoms with E-state index in [1.54, 1.807) is 12.1 Å². The Bertz CT molecular complexity index is 896. The number of hydrogen-bond acceptors (Lipinski definition) is 5. The number of halogens is 2. The van der Waals surface area contributed by atoms with Crippen LogP contribution in [0.25, 0.3) is 0 Å². The Balaban J connectivity index is 2.07. The van der Waals surface area contributed by atoms with Gasteiger partial charge in [0.15, 0.2) is 6.10 Å². The van der Waals surface area contributed by atoms with E-state index in [0.29, 0.717) is 11.1 Å². The van der Waals surface area contributed by atoms with Gasteiger partial charge in [0.1, 0.15) is 23.2 Å². The number of hydrogen-bond donors (Lipinski definition) is 4. The van der Waals surface area contributed by atoms with Crippen molar-refractivity contribution in [2.24, 2.45) is 0 Å². The van der Waals surface area contributed by atoms with E-state index < -0.39 is 35.3 Å². The van der Waals surface area contributed by atoms with Gasteiger partial charge in [-0.15, -0.1) is 0 Å². The molecule has 2 aromatic carbocycles. The lowest BCUT2D eigenvalue weighted by Gasteiger charge is -2.18. The van der Waals surface area contributed by atoms with Crippen molar-refractivity contribution in [1.82, 2.24) is 10.6 Å². The van der Waals surface area contributed by atoms with Crippen molar-refractivity contribution in [3.05, 3.63) is 64.7 Å². The fourth-order valence-corrected chi connectivity index (χ4v) is 2.54. The zero-order valence-electron chi connectivity index (χ0n) is 15.6. The van der Waals surface area contributed by atoms with Crippen LogP contribution in [0.4, 0.5) is 13.6 Å². The van der Waals surface area contributed by atoms with Gasteiger partial charge in [-0.05, 0) is 5.56 Å². The molecule has 2 aromatic rings. The highest BCUT2D eigenvalue weighted by Gasteiger charge is 2.27. The largest absolute Gasteiger partial charge is 0.497 e. The fourth-order valence-electron chi connectivity index (χ4n) is 2.54. The third-order valence-electron chi connectivity index (χ3n) is 3.97. The minimum atomic E-state index is -1.51. The van der Waals surface area contributed by atoms with E-state index in [9.17, 15) is 18.4 Å². The van der Waals surface area contributed by atoms with Crippen LogP contribution in [0.1, 0.15) is 22.8 Å². The maximum atomic E-state index is 14.2. The van der Waals surface area contributed by atoms with Gasteiger partial charge in [-0.25, -0.2) is 13.6 Å². The third-order valence-corrected chi connectivity index (χ3v) is 3.97. The molecule has 0 radical (unpaired) electrons. The van der Waals surface area contributed by atoms with E-state index in [2.05, 4.69) is 5.32 Å². The first-order valence-corrected chi connectivity index (χ1v) is 8.28. The number of carbonyl (C=O) groups excluding carboxylic acids is 1. The molecule has 0 aliphatic rings. The van der Waals surface area contributed by atoms with E-state index >= 15 is 0 Å². The lowest BCUT2D eigenvalue weighted by atomic mass is 10.1. The van der Waals surface area contributed by atoms with Crippen LogP contribution >= 0.6 is 0 Å². The number of carboxylic acid groups (broad SMARTS) is 1. The molecule has 8 nitrogen and oxygen atoms in total. The lowest BCUT2D eigenvalue weighted by Crippen LogP contribution is -2.31. The summed E-state index contributed by atoms with van der Waals surface area (Å²) < 4.78 is 38.2. The van der Waals surface area contributed by atoms with Crippen LogP contribution < -0.4 is 15.4 Å². The maximum Gasteiger partial charge on any atom is 0.410 e. The fraction of sp³-hybridized carbons (Fsp3) is 0.211. The van der Waals surface area contributed by atoms with Crippen LogP contribution in [0.3, 0.4) is 0 Å². The second kappa shape index (κ2) is 9.60. The van der Waals surface area contributed by atoms with Crippen molar-refractivity contribution in [2.45, 2.75) is 12.6 Å². The molecule has 2 rings (SSSR count). The van der Waals surface area contributed by atoms with Crippen molar-refractivity contribution >= 4 is 17.8 Å². The van der Waals surface area contributed by atoms with Crippen LogP contribution in [-0.4, -0.2) is 37.2 Å². The van der Waals surface area contributed by atoms with Gasteiger partial charge < -0.3 is 19.9 Å². The number of methoxy groups -OCH3 is 2. The van der Waals surface area contributed by atoms with Crippen molar-refractivity contribution < 1.29 is 33.0 Å². The summed E-state index contributed by atoms with van der Waals surface area (Å²) in [6, 6.07) is 8.05. The molecule has 154 valence electrons. The summed E-state index contributed by atoms with van der Waals surface area (Å²) in [6.45, 7) is 0.0259. The minimum Gasteiger partial charge on any atom is -0.497 e. The quantitative estimate of drug-likeness (QED) is 0.415. The zero-order chi connectivity index (χ0) is 21.6. The SMILES string of the molecule is COc1cc(F)c([C@H](OC)C(=O)NCc2ccc(C(=N)NC(=O)O)cc2)c(F)c1. The molecule has 0 bridgehead atoms. The van der Waals surface area contributed by atoms with Gasteiger partial charge in [0.2, 0.25) is 0 Å². The van der Waals surface area contributed by atoms with Gasteiger partial charge in [0.05, 0.1) is 12.7 Å². The maximum absolute atomic E-state index is 14.2. The predicted molar refractivity (Wildman–Crippen MR) is 98.9 cm³/mol. The molecular formula is C19H19F2N3O5. The topological polar surface area (TPSA) is 121 Å². The Morgan fingerprint density at radius 3 is 2.21 bits per heavy atom. The third kappa shape index (κ3) is 5.48. The highest BCUT2D eigenvalue weighted by Crippen LogP contribution is 2.27. The van der Waals surface area contributed by atoms with E-state index in [-0.39, 0.29) is 18.1 Å². The summed E-state index contributed by atoms with van der Waals surface area (Å²) in [6.07, 6.45) is -2.86. The van der Waals surface area contributed by atoms with Crippen LogP contribution in [0.2, 0.25) is 0 Å². The van der Waals surface area contributed by atoms with Crippen molar-refractivity contribution in [1.29, 1.82) is 5.41 Å². The summed E-state index contributed by atoms with van der Waals surface area (Å²) >= 11 is 0. The molecule has 0 heterocycles. The molecule has 0 fully saturated rings. The summed E-state index contributed by atoms with van der Waals surface area (Å²) in [5.41, 5.74) is 0.421. The number of ether oxygens (including phenoxy) is 2. The standard InChI is InChI=1S/C19H19F2N3O5/c1-28-12-7-13(20)15(14(21)8-12)16(29-2)18(25)23-9-10-3-5-11(6-4-10)17(22)24-19(26)27/h3-8,16H,9H2,1-2H3,(H2,22,24)(H,23,25)(H,26,27)/t16-/m0/s1. The molecule has 0 spiro atoms. The summed E-state index contributed by atoms with van der Waals surface area (Å²) in [5.74, 6) is -3.02. The first-order chi connectivity index (χ1) is 13.8. The number of benzene rings is 2. The molecule has 1 atom stereocenters. The van der Waals surface area contributed by atoms with Gasteiger partial charge in [0, 0.05) is 31.4 Å². The molecular weight excluding hydrogens is 388 g/mol. The molecule has 0 saturated carbocycles. The monoisotopic (exact) mass is 407 g/mol. The number of carbonyl (C=O) groups is 2. The Hall–Kier alpha value is -3.53. The van der Waals surface area contributed by atoms with Crippen LogP contribution in [-0.2, 0) is 16.1 Å². The van der Waals surface area contributed by atoms with Crippen LogP contribution in [0.5, 0.6) is 5.75 Å². The first-order valence-electron chi connectivity index (χ1n) is 8.28. The van der Waals surface area contributed by atoms with E-state index in [1.165, 1.54) is 19.2 Å². The van der Waals surface area contributed by atoms with E-state index in [4.69, 9.17) is 20.0 Å². The van der Waals surface area contributed by atoms with Gasteiger partial charge in [-0.1, -0.05) is 24.3 Å². The minimum absolute atomic E-state index is 0.0259. The average Bonchev–Trinajstić information content (AvgIpc) is 2.68. The molecule has 2 amide bonds. The molecule has 10 heteroatoms. The number of rotatable bonds is 7. The van der Waals surface area contributed by atoms with Crippen molar-refractivity contribution in [2.75, 3.05) is 14.2 Å². The molecule has 0 unspecified atom stereocenters. The van der Waals surface area contributed by atoms with E-state index in [0.717, 1.165) is 19.2 Å². The molecule has 0 aromatic heterocycles. The Labute approximate surface area is 165 Å². The number of nitrogens with one attached hydrogen (secondary N) is 3. The van der Waals surface area contributed by atoms with Gasteiger partial charge in [-0.3, -0.25) is 15.5 Å². The van der Waals surface area contributed by atoms with Crippen molar-refractivity contribution in [3.8, 4) is 5.75 Å². The van der Waals surface area contributed by atoms with Crippen LogP contribution in [0, 0.1) is 17.0 Å². The van der Waals surface area contributed by atoms with E-state index in [1.807, 2.05) is 5.32 Å². The predicted octanol–water partition coefficient (Wildman–Crippen LogP) is 2.57. The molecule has 0 saturated heterocycles. The van der Waals surface area contributed by atoms with Crippen LogP contribution in [0.15, 0.2) is 36.4 Å². The van der Waals surface area contributed by atoms with Gasteiger partial charge >= 0.3 is 6.09 Å². The smallest absolute Gasteiger partial charge is 0.410 e. The zero-order valence-corrected chi connectivity index (χ0v) is 15.6. The Morgan fingerprint density at radius 2 is 1.72 bits per heavy atom. The number of amides is 2. The second-order valence-corrected chi connectivity index (χ2v) is 5.84. The molecule has 29 heavy (non-hydrogen) atoms. The van der Waals surface area contributed by atoms with Crippen molar-refractivity contribution in [3.63, 3.8) is 0 Å². The number of amidine groups is 1. The highest BCUT2D eigenvalue weighted by atomic mass is 19.1. The summed E-state index contributed by atoms with van der Waals surface area (Å²) in [5, 5.41) is 20.6. The molecule has 4 N–H and O–H groups in total. The molecule has 0 aliphatic carbocycles. The first kappa shape index (κ1) is 21.8. The Kier molecular flexibility index (Phi) is 7.21. The highest BCUT2D eigenvalue weighted by molar-refractivity contribution is 6.04. The van der Waals surface area contributed by atoms with Gasteiger partial charge in [0.25, 0.3) is 5.91 Å². The lowest BCUT2D eigenvalue weighted by molar-refractivity contribution is -0.131. The normalized spacial score (nSPS) is 11.4. The van der Waals surface area contributed by atoms with Gasteiger partial charge in [-0.2, -0.15) is 0 Å². The second-order valence-electron chi connectivity index (χ2n) is 5.84. The summed E-state index contributed by atoms with van der Waals surface area (Å²) in [4.78, 5) is 22.9. The Morgan fingerprint density at radius 1 is 1.14 bits per heavy atom. The molecule has 0 aliphatic heterocycles. The average molecular weight is 407 g/mol. The summed E-state index contributed by atoms with van der Waals surface area (Å²) in [7, 11) is 2.42.